The molecule has 152 valence electrons. The number of anilines is 2. The Hall–Kier alpha value is -3.25. The van der Waals surface area contributed by atoms with Gasteiger partial charge in [-0.25, -0.2) is 0 Å². The second-order valence-electron chi connectivity index (χ2n) is 7.04. The molecule has 1 atom stereocenters. The Bertz CT molecular complexity index is 1060. The Labute approximate surface area is 180 Å². The van der Waals surface area contributed by atoms with E-state index in [1.165, 1.54) is 0 Å². The first-order valence-corrected chi connectivity index (χ1v) is 10.7. The van der Waals surface area contributed by atoms with Crippen LogP contribution in [0.5, 0.6) is 5.75 Å². The van der Waals surface area contributed by atoms with E-state index in [1.807, 2.05) is 90.7 Å². The number of hydrogen-bond donors (Lipinski definition) is 1. The van der Waals surface area contributed by atoms with Crippen molar-refractivity contribution in [3.05, 3.63) is 90.0 Å². The monoisotopic (exact) mass is 418 g/mol. The zero-order valence-electron chi connectivity index (χ0n) is 16.6. The highest BCUT2D eigenvalue weighted by Gasteiger charge is 2.34. The Kier molecular flexibility index (Phi) is 6.05. The van der Waals surface area contributed by atoms with Gasteiger partial charge in [0.1, 0.15) is 11.1 Å². The molecular weight excluding hydrogens is 396 g/mol. The van der Waals surface area contributed by atoms with Crippen LogP contribution in [0, 0.1) is 6.92 Å². The molecule has 1 N–H and O–H groups in total. The smallest absolute Gasteiger partial charge is 0.262 e. The summed E-state index contributed by atoms with van der Waals surface area (Å²) in [4.78, 5) is 26.7. The van der Waals surface area contributed by atoms with Crippen LogP contribution in [0.1, 0.15) is 16.5 Å². The standard InChI is InChI=1S/C24H22N2O3S/c1-17-7-5-10-20(13-17)26-23(28)16-30-24(26)18-8-6-9-19(14-18)25-22(27)15-29-21-11-3-2-4-12-21/h2-14,24H,15-16H2,1H3,(H,25,27)/t24-/m0/s1. The summed E-state index contributed by atoms with van der Waals surface area (Å²) in [6.45, 7) is 1.94. The summed E-state index contributed by atoms with van der Waals surface area (Å²) in [6.07, 6.45) is 0. The minimum absolute atomic E-state index is 0.0691. The number of thioether (sulfide) groups is 1. The van der Waals surface area contributed by atoms with Crippen LogP contribution in [0.15, 0.2) is 78.9 Å². The molecular formula is C24H22N2O3S. The van der Waals surface area contributed by atoms with Gasteiger partial charge >= 0.3 is 0 Å². The highest BCUT2D eigenvalue weighted by atomic mass is 32.2. The van der Waals surface area contributed by atoms with E-state index in [0.717, 1.165) is 16.8 Å². The topological polar surface area (TPSA) is 58.6 Å². The first kappa shape index (κ1) is 20.0. The Morgan fingerprint density at radius 1 is 1.07 bits per heavy atom. The summed E-state index contributed by atoms with van der Waals surface area (Å²) >= 11 is 1.59. The van der Waals surface area contributed by atoms with Crippen LogP contribution in [-0.2, 0) is 9.59 Å². The number of hydrogen-bond acceptors (Lipinski definition) is 4. The first-order valence-electron chi connectivity index (χ1n) is 9.68. The van der Waals surface area contributed by atoms with Crippen LogP contribution in [-0.4, -0.2) is 24.2 Å². The molecule has 3 aromatic carbocycles. The molecule has 2 amide bonds. The number of rotatable bonds is 6. The summed E-state index contributed by atoms with van der Waals surface area (Å²) in [5.74, 6) is 0.930. The van der Waals surface area contributed by atoms with E-state index in [0.29, 0.717) is 17.2 Å². The number of para-hydroxylation sites is 1. The molecule has 1 aliphatic heterocycles. The van der Waals surface area contributed by atoms with Gasteiger partial charge in [-0.05, 0) is 54.4 Å². The maximum atomic E-state index is 12.6. The van der Waals surface area contributed by atoms with Gasteiger partial charge in [0.05, 0.1) is 5.75 Å². The van der Waals surface area contributed by atoms with Crippen molar-refractivity contribution in [1.29, 1.82) is 0 Å². The number of nitrogens with zero attached hydrogens (tertiary/aromatic N) is 1. The normalized spacial score (nSPS) is 15.8. The second-order valence-corrected chi connectivity index (χ2v) is 8.11. The number of aryl methyl sites for hydroxylation is 1. The number of amides is 2. The molecule has 0 aliphatic carbocycles. The highest BCUT2D eigenvalue weighted by Crippen LogP contribution is 2.42. The summed E-state index contributed by atoms with van der Waals surface area (Å²) in [7, 11) is 0. The van der Waals surface area contributed by atoms with Crippen molar-refractivity contribution in [3.8, 4) is 5.75 Å². The maximum absolute atomic E-state index is 12.6. The van der Waals surface area contributed by atoms with Crippen molar-refractivity contribution < 1.29 is 14.3 Å². The van der Waals surface area contributed by atoms with Crippen molar-refractivity contribution >= 4 is 35.0 Å². The molecule has 0 unspecified atom stereocenters. The number of ether oxygens (including phenoxy) is 1. The van der Waals surface area contributed by atoms with E-state index in [1.54, 1.807) is 11.8 Å². The lowest BCUT2D eigenvalue weighted by Gasteiger charge is -2.25. The van der Waals surface area contributed by atoms with Crippen molar-refractivity contribution in [1.82, 2.24) is 0 Å². The minimum atomic E-state index is -0.235. The van der Waals surface area contributed by atoms with Gasteiger partial charge in [0, 0.05) is 11.4 Å². The number of carbonyl (C=O) groups is 2. The summed E-state index contributed by atoms with van der Waals surface area (Å²) < 4.78 is 5.50. The largest absolute Gasteiger partial charge is 0.484 e. The van der Waals surface area contributed by atoms with Gasteiger partial charge < -0.3 is 10.1 Å². The van der Waals surface area contributed by atoms with E-state index in [4.69, 9.17) is 4.74 Å². The molecule has 6 heteroatoms. The van der Waals surface area contributed by atoms with Gasteiger partial charge in [-0.3, -0.25) is 14.5 Å². The fourth-order valence-corrected chi connectivity index (χ4v) is 4.53. The molecule has 0 saturated carbocycles. The third kappa shape index (κ3) is 4.66. The van der Waals surface area contributed by atoms with E-state index in [2.05, 4.69) is 5.32 Å². The molecule has 0 spiro atoms. The number of benzene rings is 3. The quantitative estimate of drug-likeness (QED) is 0.625. The number of carbonyl (C=O) groups excluding carboxylic acids is 2. The Morgan fingerprint density at radius 3 is 2.67 bits per heavy atom. The lowest BCUT2D eigenvalue weighted by Crippen LogP contribution is -2.28. The fraction of sp³-hybridized carbons (Fsp3) is 0.167. The fourth-order valence-electron chi connectivity index (χ4n) is 3.36. The van der Waals surface area contributed by atoms with Crippen LogP contribution in [0.4, 0.5) is 11.4 Å². The van der Waals surface area contributed by atoms with Gasteiger partial charge in [-0.2, -0.15) is 0 Å². The average Bonchev–Trinajstić information content (AvgIpc) is 3.15. The predicted octanol–water partition coefficient (Wildman–Crippen LogP) is 4.79. The van der Waals surface area contributed by atoms with E-state index in [-0.39, 0.29) is 23.8 Å². The van der Waals surface area contributed by atoms with Crippen molar-refractivity contribution in [2.75, 3.05) is 22.6 Å². The predicted molar refractivity (Wildman–Crippen MR) is 121 cm³/mol. The molecule has 1 fully saturated rings. The molecule has 4 rings (SSSR count). The van der Waals surface area contributed by atoms with Gasteiger partial charge in [0.15, 0.2) is 6.61 Å². The lowest BCUT2D eigenvalue weighted by atomic mass is 10.1. The van der Waals surface area contributed by atoms with Crippen molar-refractivity contribution in [2.45, 2.75) is 12.3 Å². The number of nitrogens with one attached hydrogen (secondary N) is 1. The van der Waals surface area contributed by atoms with E-state index in [9.17, 15) is 9.59 Å². The maximum Gasteiger partial charge on any atom is 0.262 e. The third-order valence-electron chi connectivity index (χ3n) is 4.72. The lowest BCUT2D eigenvalue weighted by molar-refractivity contribution is -0.118. The van der Waals surface area contributed by atoms with Crippen LogP contribution in [0.3, 0.4) is 0 Å². The molecule has 0 aromatic heterocycles. The van der Waals surface area contributed by atoms with E-state index >= 15 is 0 Å². The molecule has 0 bridgehead atoms. The molecule has 1 aliphatic rings. The van der Waals surface area contributed by atoms with Crippen molar-refractivity contribution in [3.63, 3.8) is 0 Å². The Morgan fingerprint density at radius 2 is 1.87 bits per heavy atom. The molecule has 1 saturated heterocycles. The molecule has 1 heterocycles. The first-order chi connectivity index (χ1) is 14.6. The molecule has 0 radical (unpaired) electrons. The molecule has 5 nitrogen and oxygen atoms in total. The van der Waals surface area contributed by atoms with Crippen LogP contribution in [0.25, 0.3) is 0 Å². The van der Waals surface area contributed by atoms with Gasteiger partial charge in [-0.1, -0.05) is 42.5 Å². The average molecular weight is 419 g/mol. The highest BCUT2D eigenvalue weighted by molar-refractivity contribution is 8.00. The molecule has 3 aromatic rings. The van der Waals surface area contributed by atoms with E-state index < -0.39 is 0 Å². The van der Waals surface area contributed by atoms with Gasteiger partial charge in [-0.15, -0.1) is 11.8 Å². The van der Waals surface area contributed by atoms with Gasteiger partial charge in [0.2, 0.25) is 5.91 Å². The zero-order valence-corrected chi connectivity index (χ0v) is 17.4. The van der Waals surface area contributed by atoms with Crippen molar-refractivity contribution in [2.24, 2.45) is 0 Å². The summed E-state index contributed by atoms with van der Waals surface area (Å²) in [6, 6.07) is 24.8. The third-order valence-corrected chi connectivity index (χ3v) is 5.93. The van der Waals surface area contributed by atoms with Crippen LogP contribution in [0.2, 0.25) is 0 Å². The second kappa shape index (κ2) is 9.05. The SMILES string of the molecule is Cc1cccc(N2C(=O)CS[C@H]2c2cccc(NC(=O)COc3ccccc3)c2)c1. The summed E-state index contributed by atoms with van der Waals surface area (Å²) in [5, 5.41) is 2.75. The minimum Gasteiger partial charge on any atom is -0.484 e. The van der Waals surface area contributed by atoms with Crippen LogP contribution >= 0.6 is 11.8 Å². The zero-order chi connectivity index (χ0) is 20.9. The summed E-state index contributed by atoms with van der Waals surface area (Å²) in [5.41, 5.74) is 3.64. The van der Waals surface area contributed by atoms with Gasteiger partial charge in [0.25, 0.3) is 5.91 Å². The van der Waals surface area contributed by atoms with Crippen LogP contribution < -0.4 is 15.0 Å². The molecule has 30 heavy (non-hydrogen) atoms. The Balaban J connectivity index is 1.47.